The lowest BCUT2D eigenvalue weighted by Gasteiger charge is -2.07. The van der Waals surface area contributed by atoms with E-state index < -0.39 is 5.97 Å². The van der Waals surface area contributed by atoms with E-state index in [0.717, 1.165) is 3.57 Å². The summed E-state index contributed by atoms with van der Waals surface area (Å²) in [6.07, 6.45) is 0. The Morgan fingerprint density at radius 3 is 2.64 bits per heavy atom. The number of ether oxygens (including phenoxy) is 1. The molecule has 0 bridgehead atoms. The van der Waals surface area contributed by atoms with Gasteiger partial charge in [-0.05, 0) is 34.7 Å². The monoisotopic (exact) mass is 308 g/mol. The van der Waals surface area contributed by atoms with E-state index in [1.165, 1.54) is 14.0 Å². The van der Waals surface area contributed by atoms with Gasteiger partial charge in [0.1, 0.15) is 0 Å². The van der Waals surface area contributed by atoms with Crippen LogP contribution in [-0.2, 0) is 9.68 Å². The molecule has 0 spiro atoms. The first kappa shape index (κ1) is 11.1. The van der Waals surface area contributed by atoms with Crippen molar-refractivity contribution in [1.29, 1.82) is 0 Å². The van der Waals surface area contributed by atoms with Crippen LogP contribution in [0.2, 0.25) is 0 Å². The summed E-state index contributed by atoms with van der Waals surface area (Å²) in [4.78, 5) is 19.7. The van der Waals surface area contributed by atoms with E-state index in [9.17, 15) is 4.79 Å². The maximum Gasteiger partial charge on any atom is 0.352 e. The van der Waals surface area contributed by atoms with Crippen LogP contribution in [0.5, 0.6) is 11.5 Å². The Morgan fingerprint density at radius 1 is 1.36 bits per heavy atom. The molecule has 0 aliphatic rings. The van der Waals surface area contributed by atoms with E-state index in [0.29, 0.717) is 11.5 Å². The fourth-order valence-electron chi connectivity index (χ4n) is 0.819. The van der Waals surface area contributed by atoms with Crippen molar-refractivity contribution >= 4 is 28.6 Å². The third kappa shape index (κ3) is 3.06. The fraction of sp³-hybridized carbons (Fsp3) is 0.222. The summed E-state index contributed by atoms with van der Waals surface area (Å²) in [6, 6.07) is 5.31. The minimum absolute atomic E-state index is 0.384. The van der Waals surface area contributed by atoms with Crippen LogP contribution in [0.25, 0.3) is 0 Å². The van der Waals surface area contributed by atoms with Gasteiger partial charge in [0.25, 0.3) is 0 Å². The number of methoxy groups -OCH3 is 1. The van der Waals surface area contributed by atoms with Crippen molar-refractivity contribution in [2.24, 2.45) is 0 Å². The van der Waals surface area contributed by atoms with E-state index >= 15 is 0 Å². The van der Waals surface area contributed by atoms with Crippen molar-refractivity contribution in [2.45, 2.75) is 6.92 Å². The maximum absolute atomic E-state index is 10.5. The van der Waals surface area contributed by atoms with Gasteiger partial charge < -0.3 is 4.74 Å². The van der Waals surface area contributed by atoms with Crippen molar-refractivity contribution in [3.8, 4) is 11.5 Å². The van der Waals surface area contributed by atoms with Gasteiger partial charge in [-0.25, -0.2) is 4.79 Å². The Kier molecular flexibility index (Phi) is 3.99. The predicted molar refractivity (Wildman–Crippen MR) is 58.1 cm³/mol. The van der Waals surface area contributed by atoms with Gasteiger partial charge >= 0.3 is 5.97 Å². The summed E-state index contributed by atoms with van der Waals surface area (Å²) < 4.78 is 5.98. The molecule has 14 heavy (non-hydrogen) atoms. The highest BCUT2D eigenvalue weighted by molar-refractivity contribution is 14.1. The number of carbonyl (C=O) groups is 1. The Bertz CT molecular complexity index is 338. The summed E-state index contributed by atoms with van der Waals surface area (Å²) in [5.41, 5.74) is 0. The molecule has 0 radical (unpaired) electrons. The smallest absolute Gasteiger partial charge is 0.352 e. The van der Waals surface area contributed by atoms with Crippen LogP contribution in [0.3, 0.4) is 0 Å². The van der Waals surface area contributed by atoms with Crippen LogP contribution in [-0.4, -0.2) is 13.1 Å². The molecule has 1 aromatic rings. The first-order chi connectivity index (χ1) is 6.63. The number of halogens is 1. The minimum atomic E-state index is -0.508. The molecule has 0 fully saturated rings. The van der Waals surface area contributed by atoms with Crippen LogP contribution >= 0.6 is 22.6 Å². The predicted octanol–water partition coefficient (Wildman–Crippen LogP) is 2.16. The van der Waals surface area contributed by atoms with E-state index in [1.54, 1.807) is 12.1 Å². The lowest BCUT2D eigenvalue weighted by atomic mass is 10.3. The topological polar surface area (TPSA) is 44.8 Å². The third-order valence-electron chi connectivity index (χ3n) is 1.37. The average Bonchev–Trinajstić information content (AvgIpc) is 2.15. The van der Waals surface area contributed by atoms with Crippen molar-refractivity contribution in [3.05, 3.63) is 21.8 Å². The highest BCUT2D eigenvalue weighted by atomic mass is 127. The lowest BCUT2D eigenvalue weighted by molar-refractivity contribution is -0.211. The van der Waals surface area contributed by atoms with Crippen molar-refractivity contribution in [1.82, 2.24) is 0 Å². The van der Waals surface area contributed by atoms with Crippen LogP contribution in [0.4, 0.5) is 0 Å². The van der Waals surface area contributed by atoms with E-state index in [2.05, 4.69) is 27.5 Å². The average molecular weight is 308 g/mol. The molecule has 5 heteroatoms. The molecule has 0 heterocycles. The van der Waals surface area contributed by atoms with Gasteiger partial charge in [-0.3, -0.25) is 9.78 Å². The lowest BCUT2D eigenvalue weighted by Crippen LogP contribution is -2.04. The molecule has 0 amide bonds. The summed E-state index contributed by atoms with van der Waals surface area (Å²) in [5, 5.41) is 0. The molecule has 76 valence electrons. The van der Waals surface area contributed by atoms with Crippen LogP contribution in [0, 0.1) is 3.57 Å². The zero-order valence-corrected chi connectivity index (χ0v) is 9.90. The van der Waals surface area contributed by atoms with Gasteiger partial charge in [0.2, 0.25) is 5.75 Å². The SMILES string of the molecule is COc1ccc(I)cc1OOC(C)=O. The molecule has 4 nitrogen and oxygen atoms in total. The van der Waals surface area contributed by atoms with Crippen molar-refractivity contribution < 1.29 is 19.3 Å². The number of hydrogen-bond donors (Lipinski definition) is 0. The van der Waals surface area contributed by atoms with Gasteiger partial charge in [0.15, 0.2) is 5.75 Å². The molecule has 0 unspecified atom stereocenters. The Morgan fingerprint density at radius 2 is 2.07 bits per heavy atom. The Balaban J connectivity index is 2.82. The zero-order valence-electron chi connectivity index (χ0n) is 7.74. The number of rotatable bonds is 3. The molecule has 0 saturated carbocycles. The standard InChI is InChI=1S/C9H9IO4/c1-6(11)13-14-9-5-7(10)3-4-8(9)12-2/h3-5H,1-2H3. The van der Waals surface area contributed by atoms with Crippen molar-refractivity contribution in [2.75, 3.05) is 7.11 Å². The first-order valence-corrected chi connectivity index (χ1v) is 4.90. The fourth-order valence-corrected chi connectivity index (χ4v) is 1.28. The molecule has 1 rings (SSSR count). The zero-order chi connectivity index (χ0) is 10.6. The largest absolute Gasteiger partial charge is 0.493 e. The minimum Gasteiger partial charge on any atom is -0.493 e. The number of hydrogen-bond acceptors (Lipinski definition) is 4. The molecule has 0 aliphatic carbocycles. The Labute approximate surface area is 95.2 Å². The maximum atomic E-state index is 10.5. The van der Waals surface area contributed by atoms with Crippen LogP contribution < -0.4 is 9.62 Å². The van der Waals surface area contributed by atoms with Gasteiger partial charge in [-0.15, -0.1) is 0 Å². The van der Waals surface area contributed by atoms with Crippen LogP contribution in [0.1, 0.15) is 6.92 Å². The van der Waals surface area contributed by atoms with Gasteiger partial charge in [-0.2, -0.15) is 0 Å². The molecule has 0 aliphatic heterocycles. The summed E-state index contributed by atoms with van der Waals surface area (Å²) >= 11 is 2.12. The highest BCUT2D eigenvalue weighted by Crippen LogP contribution is 2.28. The van der Waals surface area contributed by atoms with Gasteiger partial charge in [-0.1, -0.05) is 0 Å². The van der Waals surface area contributed by atoms with Gasteiger partial charge in [0.05, 0.1) is 7.11 Å². The second kappa shape index (κ2) is 5.04. The number of carbonyl (C=O) groups excluding carboxylic acids is 1. The molecule has 0 atom stereocenters. The van der Waals surface area contributed by atoms with E-state index in [4.69, 9.17) is 9.62 Å². The molecule has 0 N–H and O–H groups in total. The summed E-state index contributed by atoms with van der Waals surface area (Å²) in [6.45, 7) is 1.26. The molecule has 0 saturated heterocycles. The van der Waals surface area contributed by atoms with E-state index in [-0.39, 0.29) is 0 Å². The summed E-state index contributed by atoms with van der Waals surface area (Å²) in [7, 11) is 1.52. The Hall–Kier alpha value is -0.980. The van der Waals surface area contributed by atoms with E-state index in [1.807, 2.05) is 6.07 Å². The molecular weight excluding hydrogens is 299 g/mol. The summed E-state index contributed by atoms with van der Waals surface area (Å²) in [5.74, 6) is 0.396. The highest BCUT2D eigenvalue weighted by Gasteiger charge is 2.07. The second-order valence-electron chi connectivity index (χ2n) is 2.45. The molecule has 0 aromatic heterocycles. The molecular formula is C9H9IO4. The quantitative estimate of drug-likeness (QED) is 0.488. The number of benzene rings is 1. The first-order valence-electron chi connectivity index (χ1n) is 3.82. The van der Waals surface area contributed by atoms with Crippen molar-refractivity contribution in [3.63, 3.8) is 0 Å². The van der Waals surface area contributed by atoms with Crippen LogP contribution in [0.15, 0.2) is 18.2 Å². The normalized spacial score (nSPS) is 9.36. The molecule has 1 aromatic carbocycles. The van der Waals surface area contributed by atoms with Gasteiger partial charge in [0, 0.05) is 16.6 Å². The second-order valence-corrected chi connectivity index (χ2v) is 3.70. The third-order valence-corrected chi connectivity index (χ3v) is 2.05.